The number of anilines is 1. The van der Waals surface area contributed by atoms with Gasteiger partial charge in [0.2, 0.25) is 0 Å². The van der Waals surface area contributed by atoms with Crippen LogP contribution >= 0.6 is 12.6 Å². The summed E-state index contributed by atoms with van der Waals surface area (Å²) in [4.78, 5) is 13.1. The summed E-state index contributed by atoms with van der Waals surface area (Å²) in [6.45, 7) is 12.9. The smallest absolute Gasteiger partial charge is 0.256 e. The minimum Gasteiger partial charge on any atom is -0.506 e. The maximum Gasteiger partial charge on any atom is 0.256 e. The van der Waals surface area contributed by atoms with Crippen LogP contribution in [0.3, 0.4) is 0 Å². The Morgan fingerprint density at radius 1 is 0.902 bits per heavy atom. The Kier molecular flexibility index (Phi) is 15.2. The number of phenols is 1. The molecule has 5 heteroatoms. The first kappa shape index (κ1) is 33.5. The normalized spacial score (nSPS) is 11.3. The van der Waals surface area contributed by atoms with Crippen molar-refractivity contribution in [1.82, 2.24) is 5.32 Å². The van der Waals surface area contributed by atoms with Crippen LogP contribution in [-0.4, -0.2) is 11.0 Å². The highest BCUT2D eigenvalue weighted by Gasteiger charge is 2.15. The van der Waals surface area contributed by atoms with Crippen LogP contribution in [0.25, 0.3) is 16.8 Å². The zero-order valence-corrected chi connectivity index (χ0v) is 25.9. The number of unbranched alkanes of at least 4 members (excludes halogenated alkanes) is 4. The average Bonchev–Trinajstić information content (AvgIpc) is 2.99. The predicted octanol–water partition coefficient (Wildman–Crippen LogP) is 10.4. The van der Waals surface area contributed by atoms with Gasteiger partial charge >= 0.3 is 0 Å². The number of hydrogen-bond acceptors (Lipinski definition) is 4. The molecule has 0 aliphatic heterocycles. The molecule has 0 saturated carbocycles. The third kappa shape index (κ3) is 11.0. The summed E-state index contributed by atoms with van der Waals surface area (Å²) in [5.74, 6) is -0.322. The second kappa shape index (κ2) is 18.6. The van der Waals surface area contributed by atoms with Gasteiger partial charge in [-0.05, 0) is 66.1 Å². The second-order valence-electron chi connectivity index (χ2n) is 10.0. The Labute approximate surface area is 252 Å². The summed E-state index contributed by atoms with van der Waals surface area (Å²) >= 11 is 4.23. The van der Waals surface area contributed by atoms with Crippen LogP contribution in [0.15, 0.2) is 102 Å². The topological polar surface area (TPSA) is 61.4 Å². The Balaban J connectivity index is 0.00000108. The Morgan fingerprint density at radius 3 is 2.17 bits per heavy atom. The van der Waals surface area contributed by atoms with Crippen LogP contribution in [-0.2, 0) is 0 Å². The summed E-state index contributed by atoms with van der Waals surface area (Å²) < 4.78 is 0. The van der Waals surface area contributed by atoms with Crippen molar-refractivity contribution >= 4 is 29.9 Å². The van der Waals surface area contributed by atoms with E-state index in [-0.39, 0.29) is 11.7 Å². The standard InChI is InChI=1S/C31H34N2O2S.C5H12/c1-4-5-7-12-22(2)28(19-20-36)32-23(3)25-17-18-29(30(34)21-25)33-31(35)27-16-11-10-15-26(27)24-13-8-6-9-14-24;1-3-5-4-2/h6,8-11,13-21,32,34,36H,3-5,7,12H2,1-2H3,(H,33,35);3-5H2,1-2H3/b20-19-,28-22-;. The van der Waals surface area contributed by atoms with Crippen molar-refractivity contribution in [3.63, 3.8) is 0 Å². The SMILES string of the molecule is C=C(NC(/C=C\S)=C(/C)CCCCC)c1ccc(NC(=O)c2ccccc2-c2ccccc2)c(O)c1.CCCCC. The van der Waals surface area contributed by atoms with Gasteiger partial charge in [-0.1, -0.05) is 114 Å². The summed E-state index contributed by atoms with van der Waals surface area (Å²) in [6, 6.07) is 22.3. The lowest BCUT2D eigenvalue weighted by Crippen LogP contribution is -2.14. The van der Waals surface area contributed by atoms with E-state index in [2.05, 4.69) is 57.5 Å². The Hall–Kier alpha value is -3.70. The van der Waals surface area contributed by atoms with Crippen LogP contribution in [0.2, 0.25) is 0 Å². The number of carbonyl (C=O) groups is 1. The van der Waals surface area contributed by atoms with Crippen LogP contribution in [0.4, 0.5) is 5.69 Å². The predicted molar refractivity (Wildman–Crippen MR) is 180 cm³/mol. The van der Waals surface area contributed by atoms with E-state index in [9.17, 15) is 9.90 Å². The van der Waals surface area contributed by atoms with Crippen LogP contribution in [0.1, 0.15) is 88.6 Å². The molecule has 0 atom stereocenters. The fourth-order valence-corrected chi connectivity index (χ4v) is 4.44. The molecule has 0 radical (unpaired) electrons. The Bertz CT molecular complexity index is 1310. The van der Waals surface area contributed by atoms with Crippen LogP contribution in [0, 0.1) is 0 Å². The number of nitrogens with one attached hydrogen (secondary N) is 2. The first-order chi connectivity index (χ1) is 19.9. The van der Waals surface area contributed by atoms with Gasteiger partial charge in [0.25, 0.3) is 5.91 Å². The van der Waals surface area contributed by atoms with Crippen molar-refractivity contribution in [3.8, 4) is 16.9 Å². The zero-order chi connectivity index (χ0) is 30.0. The highest BCUT2D eigenvalue weighted by molar-refractivity contribution is 7.83. The molecule has 218 valence electrons. The lowest BCUT2D eigenvalue weighted by Gasteiger charge is -2.16. The lowest BCUT2D eigenvalue weighted by molar-refractivity contribution is 0.102. The fraction of sp³-hybridized carbons (Fsp3) is 0.306. The maximum atomic E-state index is 13.1. The molecule has 0 aromatic heterocycles. The van der Waals surface area contributed by atoms with Gasteiger partial charge in [-0.2, -0.15) is 12.6 Å². The van der Waals surface area contributed by atoms with E-state index in [4.69, 9.17) is 0 Å². The summed E-state index contributed by atoms with van der Waals surface area (Å²) in [5.41, 5.74) is 6.19. The molecular formula is C36H46N2O2S. The van der Waals surface area contributed by atoms with Gasteiger partial charge in [0.05, 0.1) is 5.69 Å². The number of thiol groups is 1. The second-order valence-corrected chi connectivity index (χ2v) is 10.3. The van der Waals surface area contributed by atoms with E-state index in [1.807, 2.05) is 60.7 Å². The maximum absolute atomic E-state index is 13.1. The molecule has 1 amide bonds. The molecule has 0 aliphatic carbocycles. The minimum absolute atomic E-state index is 0.0315. The molecule has 3 N–H and O–H groups in total. The highest BCUT2D eigenvalue weighted by atomic mass is 32.1. The van der Waals surface area contributed by atoms with Gasteiger partial charge in [0.15, 0.2) is 0 Å². The molecule has 0 saturated heterocycles. The van der Waals surface area contributed by atoms with Crippen molar-refractivity contribution in [3.05, 3.63) is 113 Å². The fourth-order valence-electron chi connectivity index (χ4n) is 4.29. The van der Waals surface area contributed by atoms with Gasteiger partial charge in [-0.25, -0.2) is 0 Å². The van der Waals surface area contributed by atoms with E-state index in [0.29, 0.717) is 16.9 Å². The number of amides is 1. The molecular weight excluding hydrogens is 524 g/mol. The molecule has 3 aromatic rings. The van der Waals surface area contributed by atoms with Crippen LogP contribution < -0.4 is 10.6 Å². The summed E-state index contributed by atoms with van der Waals surface area (Å²) in [5, 5.41) is 18.6. The van der Waals surface area contributed by atoms with Crippen molar-refractivity contribution in [1.29, 1.82) is 0 Å². The molecule has 0 unspecified atom stereocenters. The van der Waals surface area contributed by atoms with E-state index in [0.717, 1.165) is 35.2 Å². The first-order valence-electron chi connectivity index (χ1n) is 14.6. The van der Waals surface area contributed by atoms with E-state index < -0.39 is 0 Å². The Morgan fingerprint density at radius 2 is 1.56 bits per heavy atom. The van der Waals surface area contributed by atoms with Crippen molar-refractivity contribution in [2.45, 2.75) is 72.6 Å². The molecule has 3 rings (SSSR count). The highest BCUT2D eigenvalue weighted by Crippen LogP contribution is 2.29. The molecule has 0 fully saturated rings. The van der Waals surface area contributed by atoms with Gasteiger partial charge in [0.1, 0.15) is 5.75 Å². The van der Waals surface area contributed by atoms with E-state index in [1.54, 1.807) is 23.6 Å². The van der Waals surface area contributed by atoms with E-state index >= 15 is 0 Å². The van der Waals surface area contributed by atoms with Gasteiger partial charge in [-0.15, -0.1) is 0 Å². The van der Waals surface area contributed by atoms with Gasteiger partial charge < -0.3 is 15.7 Å². The molecule has 0 heterocycles. The van der Waals surface area contributed by atoms with Gasteiger partial charge in [0, 0.05) is 22.5 Å². The molecule has 3 aromatic carbocycles. The number of rotatable bonds is 13. The van der Waals surface area contributed by atoms with Crippen molar-refractivity contribution in [2.75, 3.05) is 5.32 Å². The lowest BCUT2D eigenvalue weighted by atomic mass is 9.99. The number of carbonyl (C=O) groups excluding carboxylic acids is 1. The zero-order valence-electron chi connectivity index (χ0n) is 25.0. The number of hydrogen-bond donors (Lipinski definition) is 4. The van der Waals surface area contributed by atoms with Crippen molar-refractivity contribution < 1.29 is 9.90 Å². The van der Waals surface area contributed by atoms with Gasteiger partial charge in [-0.3, -0.25) is 4.79 Å². The minimum atomic E-state index is -0.290. The average molecular weight is 571 g/mol. The number of benzene rings is 3. The molecule has 41 heavy (non-hydrogen) atoms. The molecule has 4 nitrogen and oxygen atoms in total. The monoisotopic (exact) mass is 570 g/mol. The quantitative estimate of drug-likeness (QED) is 0.0715. The molecule has 0 aliphatic rings. The number of allylic oxidation sites excluding steroid dienone is 2. The number of aromatic hydroxyl groups is 1. The third-order valence-corrected chi connectivity index (χ3v) is 6.85. The summed E-state index contributed by atoms with van der Waals surface area (Å²) in [6.07, 6.45) is 10.5. The largest absolute Gasteiger partial charge is 0.506 e. The number of phenolic OH excluding ortho intramolecular Hbond substituents is 1. The molecule has 0 bridgehead atoms. The van der Waals surface area contributed by atoms with E-state index in [1.165, 1.54) is 37.7 Å². The molecule has 0 spiro atoms. The third-order valence-electron chi connectivity index (χ3n) is 6.70. The van der Waals surface area contributed by atoms with Crippen molar-refractivity contribution in [2.24, 2.45) is 0 Å². The van der Waals surface area contributed by atoms with Crippen LogP contribution in [0.5, 0.6) is 5.75 Å². The first-order valence-corrected chi connectivity index (χ1v) is 15.1. The summed E-state index contributed by atoms with van der Waals surface area (Å²) in [7, 11) is 0.